The number of benzene rings is 1. The Morgan fingerprint density at radius 1 is 1.29 bits per heavy atom. The van der Waals surface area contributed by atoms with Crippen molar-refractivity contribution in [3.63, 3.8) is 0 Å². The number of ether oxygens (including phenoxy) is 1. The van der Waals surface area contributed by atoms with Gasteiger partial charge in [0.25, 0.3) is 0 Å². The van der Waals surface area contributed by atoms with E-state index in [-0.39, 0.29) is 29.6 Å². The predicted octanol–water partition coefficient (Wildman–Crippen LogP) is 4.97. The number of pyridine rings is 1. The average molecular weight is 461 g/mol. The lowest BCUT2D eigenvalue weighted by Gasteiger charge is -2.12. The van der Waals surface area contributed by atoms with Gasteiger partial charge in [-0.2, -0.15) is 0 Å². The van der Waals surface area contributed by atoms with Gasteiger partial charge in [-0.3, -0.25) is 0 Å². The minimum absolute atomic E-state index is 0.0499. The average Bonchev–Trinajstić information content (AvgIpc) is 3.35. The summed E-state index contributed by atoms with van der Waals surface area (Å²) in [5.74, 6) is -0.122. The van der Waals surface area contributed by atoms with E-state index in [2.05, 4.69) is 26.3 Å². The van der Waals surface area contributed by atoms with Gasteiger partial charge in [-0.1, -0.05) is 12.1 Å². The molecule has 0 bridgehead atoms. The number of likely N-dealkylation sites (N-methyl/N-ethyl adjacent to an activating group) is 1. The number of nitrogens with zero attached hydrogens (tertiary/aromatic N) is 3. The van der Waals surface area contributed by atoms with E-state index >= 15 is 0 Å². The first-order valence-electron chi connectivity index (χ1n) is 11.1. The van der Waals surface area contributed by atoms with Crippen molar-refractivity contribution in [3.05, 3.63) is 64.5 Å². The zero-order valence-corrected chi connectivity index (χ0v) is 19.8. The standard InChI is InChI=1S/C26H28N4O4/c1-5-33-26(32)22-23(31)21(14-18-15-28-24-19(18)7-6-11-27-24)34-25(22)29-20-9-8-17(13-16(20)2)10-12-30(3)4/h6-9,11,13-15,29,31H,5,10,12H2,1-4H3. The molecular formula is C26H28N4O4. The number of aryl methyl sites for hydroxylation is 1. The molecule has 8 heteroatoms. The highest BCUT2D eigenvalue weighted by molar-refractivity contribution is 6.21. The number of hydrogen-bond acceptors (Lipinski definition) is 8. The Kier molecular flexibility index (Phi) is 6.79. The van der Waals surface area contributed by atoms with Crippen molar-refractivity contribution in [2.45, 2.75) is 20.3 Å². The van der Waals surface area contributed by atoms with Gasteiger partial charge in [-0.05, 0) is 69.8 Å². The number of rotatable bonds is 8. The quantitative estimate of drug-likeness (QED) is 0.458. The lowest BCUT2D eigenvalue weighted by Crippen LogP contribution is -2.15. The minimum Gasteiger partial charge on any atom is -0.504 e. The number of aliphatic imine (C=N–C) groups is 1. The van der Waals surface area contributed by atoms with E-state index in [9.17, 15) is 9.90 Å². The first kappa shape index (κ1) is 23.3. The van der Waals surface area contributed by atoms with Gasteiger partial charge in [0.15, 0.2) is 22.9 Å². The number of furan rings is 1. The molecule has 4 rings (SSSR count). The van der Waals surface area contributed by atoms with E-state index < -0.39 is 5.97 Å². The molecule has 0 saturated carbocycles. The summed E-state index contributed by atoms with van der Waals surface area (Å²) in [4.78, 5) is 23.3. The van der Waals surface area contributed by atoms with Crippen molar-refractivity contribution >= 4 is 41.2 Å². The largest absolute Gasteiger partial charge is 0.504 e. The van der Waals surface area contributed by atoms with Crippen molar-refractivity contribution in [1.82, 2.24) is 9.88 Å². The lowest BCUT2D eigenvalue weighted by molar-refractivity contribution is 0.0524. The fourth-order valence-electron chi connectivity index (χ4n) is 3.70. The molecule has 3 aromatic rings. The Hall–Kier alpha value is -3.91. The van der Waals surface area contributed by atoms with E-state index in [1.807, 2.05) is 45.3 Å². The van der Waals surface area contributed by atoms with E-state index in [0.717, 1.165) is 35.4 Å². The van der Waals surface area contributed by atoms with Crippen LogP contribution in [0.25, 0.3) is 11.6 Å². The first-order valence-corrected chi connectivity index (χ1v) is 11.1. The maximum absolute atomic E-state index is 12.7. The molecule has 0 amide bonds. The van der Waals surface area contributed by atoms with E-state index in [0.29, 0.717) is 5.82 Å². The number of carbonyl (C=O) groups excluding carboxylic acids is 1. The molecule has 1 aliphatic rings. The second-order valence-corrected chi connectivity index (χ2v) is 8.30. The van der Waals surface area contributed by atoms with E-state index in [4.69, 9.17) is 9.15 Å². The maximum atomic E-state index is 12.7. The third kappa shape index (κ3) is 4.87. The maximum Gasteiger partial charge on any atom is 0.347 e. The van der Waals surface area contributed by atoms with Crippen LogP contribution in [0.1, 0.15) is 39.7 Å². The summed E-state index contributed by atoms with van der Waals surface area (Å²) in [5.41, 5.74) is 4.45. The predicted molar refractivity (Wildman–Crippen MR) is 133 cm³/mol. The number of carbonyl (C=O) groups is 1. The zero-order valence-electron chi connectivity index (χ0n) is 19.8. The SMILES string of the molecule is CCOC(=O)c1c(Nc2ccc(CCN(C)C)cc2C)oc(C=C2C=Nc3ncccc32)c1O. The van der Waals surface area contributed by atoms with Crippen LogP contribution in [-0.2, 0) is 11.2 Å². The summed E-state index contributed by atoms with van der Waals surface area (Å²) in [6, 6.07) is 9.77. The third-order valence-corrected chi connectivity index (χ3v) is 5.49. The second-order valence-electron chi connectivity index (χ2n) is 8.30. The molecule has 34 heavy (non-hydrogen) atoms. The normalized spacial score (nSPS) is 13.5. The summed E-state index contributed by atoms with van der Waals surface area (Å²) in [6.45, 7) is 4.81. The van der Waals surface area contributed by atoms with Gasteiger partial charge in [0.1, 0.15) is 0 Å². The Morgan fingerprint density at radius 3 is 2.85 bits per heavy atom. The third-order valence-electron chi connectivity index (χ3n) is 5.49. The number of esters is 1. The molecule has 0 atom stereocenters. The van der Waals surface area contributed by atoms with Crippen molar-refractivity contribution in [1.29, 1.82) is 0 Å². The van der Waals surface area contributed by atoms with Gasteiger partial charge in [0.05, 0.1) is 6.61 Å². The Labute approximate surface area is 198 Å². The lowest BCUT2D eigenvalue weighted by atomic mass is 10.1. The fraction of sp³-hybridized carbons (Fsp3) is 0.269. The van der Waals surface area contributed by atoms with Crippen molar-refractivity contribution < 1.29 is 19.1 Å². The van der Waals surface area contributed by atoms with Crippen molar-refractivity contribution in [2.24, 2.45) is 4.99 Å². The van der Waals surface area contributed by atoms with Gasteiger partial charge in [-0.15, -0.1) is 0 Å². The number of anilines is 2. The summed E-state index contributed by atoms with van der Waals surface area (Å²) in [5, 5.41) is 14.0. The van der Waals surface area contributed by atoms with Crippen molar-refractivity contribution in [3.8, 4) is 5.75 Å². The minimum atomic E-state index is -0.668. The molecular weight excluding hydrogens is 432 g/mol. The molecule has 1 aromatic carbocycles. The molecule has 8 nitrogen and oxygen atoms in total. The van der Waals surface area contributed by atoms with Crippen molar-refractivity contribution in [2.75, 3.05) is 32.6 Å². The van der Waals surface area contributed by atoms with Gasteiger partial charge >= 0.3 is 5.97 Å². The molecule has 0 fully saturated rings. The van der Waals surface area contributed by atoms with Crippen LogP contribution in [0.5, 0.6) is 5.75 Å². The smallest absolute Gasteiger partial charge is 0.347 e. The number of fused-ring (bicyclic) bond motifs is 1. The van der Waals surface area contributed by atoms with Gasteiger partial charge in [-0.25, -0.2) is 14.8 Å². The summed E-state index contributed by atoms with van der Waals surface area (Å²) >= 11 is 0. The molecule has 2 N–H and O–H groups in total. The van der Waals surface area contributed by atoms with Crippen LogP contribution in [-0.4, -0.2) is 54.4 Å². The number of allylic oxidation sites excluding steroid dienone is 1. The molecule has 0 saturated heterocycles. The van der Waals surface area contributed by atoms with Gasteiger partial charge < -0.3 is 24.5 Å². The monoisotopic (exact) mass is 460 g/mol. The molecule has 0 unspecified atom stereocenters. The molecule has 176 valence electrons. The Bertz CT molecular complexity index is 1270. The summed E-state index contributed by atoms with van der Waals surface area (Å²) in [7, 11) is 4.09. The van der Waals surface area contributed by atoms with Crippen LogP contribution >= 0.6 is 0 Å². The van der Waals surface area contributed by atoms with Crippen LogP contribution < -0.4 is 5.32 Å². The fourth-order valence-corrected chi connectivity index (χ4v) is 3.70. The number of hydrogen-bond donors (Lipinski definition) is 2. The highest BCUT2D eigenvalue weighted by atomic mass is 16.5. The number of nitrogens with one attached hydrogen (secondary N) is 1. The van der Waals surface area contributed by atoms with Crippen LogP contribution in [0, 0.1) is 6.92 Å². The number of aromatic nitrogens is 1. The van der Waals surface area contributed by atoms with Crippen LogP contribution in [0.4, 0.5) is 17.4 Å². The van der Waals surface area contributed by atoms with Crippen LogP contribution in [0.2, 0.25) is 0 Å². The molecule has 3 heterocycles. The second kappa shape index (κ2) is 9.93. The Balaban J connectivity index is 1.68. The van der Waals surface area contributed by atoms with Crippen LogP contribution in [0.15, 0.2) is 45.9 Å². The molecule has 2 aromatic heterocycles. The molecule has 0 spiro atoms. The number of aromatic hydroxyl groups is 1. The molecule has 1 aliphatic heterocycles. The van der Waals surface area contributed by atoms with E-state index in [1.54, 1.807) is 25.4 Å². The zero-order chi connectivity index (χ0) is 24.2. The topological polar surface area (TPSA) is 100 Å². The Morgan fingerprint density at radius 2 is 2.12 bits per heavy atom. The molecule has 0 radical (unpaired) electrons. The van der Waals surface area contributed by atoms with E-state index in [1.165, 1.54) is 5.56 Å². The van der Waals surface area contributed by atoms with Gasteiger partial charge in [0, 0.05) is 35.8 Å². The first-order chi connectivity index (χ1) is 16.4. The van der Waals surface area contributed by atoms with Crippen LogP contribution in [0.3, 0.4) is 0 Å². The summed E-state index contributed by atoms with van der Waals surface area (Å²) in [6.07, 6.45) is 5.88. The summed E-state index contributed by atoms with van der Waals surface area (Å²) < 4.78 is 11.1. The molecule has 0 aliphatic carbocycles. The van der Waals surface area contributed by atoms with Gasteiger partial charge in [0.2, 0.25) is 5.88 Å². The highest BCUT2D eigenvalue weighted by Crippen LogP contribution is 2.39. The highest BCUT2D eigenvalue weighted by Gasteiger charge is 2.27.